The smallest absolute Gasteiger partial charge is 0.311 e. The molecule has 2 aliphatic heterocycles. The molecule has 32 heavy (non-hydrogen) atoms. The minimum absolute atomic E-state index is 0.0964. The molecule has 7 nitrogen and oxygen atoms in total. The molecule has 0 spiro atoms. The van der Waals surface area contributed by atoms with Gasteiger partial charge in [0, 0.05) is 55.5 Å². The molecule has 0 aromatic heterocycles. The zero-order chi connectivity index (χ0) is 22.7. The van der Waals surface area contributed by atoms with Gasteiger partial charge in [-0.25, -0.2) is 0 Å². The lowest BCUT2D eigenvalue weighted by Crippen LogP contribution is -2.50. The number of carbonyl (C=O) groups excluding carboxylic acids is 3. The van der Waals surface area contributed by atoms with E-state index in [2.05, 4.69) is 4.90 Å². The van der Waals surface area contributed by atoms with Gasteiger partial charge >= 0.3 is 5.97 Å². The second-order valence-corrected chi connectivity index (χ2v) is 8.63. The highest BCUT2D eigenvalue weighted by atomic mass is 35.5. The number of anilines is 2. The van der Waals surface area contributed by atoms with Crippen molar-refractivity contribution in [1.29, 1.82) is 0 Å². The van der Waals surface area contributed by atoms with E-state index in [0.717, 1.165) is 16.9 Å². The number of amides is 2. The Morgan fingerprint density at radius 1 is 1.03 bits per heavy atom. The Balaban J connectivity index is 1.24. The quantitative estimate of drug-likeness (QED) is 0.648. The number of carbonyl (C=O) groups is 3. The summed E-state index contributed by atoms with van der Waals surface area (Å²) in [6.07, 6.45) is 0.0964. The van der Waals surface area contributed by atoms with Crippen molar-refractivity contribution in [2.24, 2.45) is 5.92 Å². The second-order valence-electron chi connectivity index (χ2n) is 8.20. The molecule has 0 aliphatic carbocycles. The number of rotatable bonds is 5. The van der Waals surface area contributed by atoms with Crippen molar-refractivity contribution in [2.45, 2.75) is 13.3 Å². The van der Waals surface area contributed by atoms with E-state index in [0.29, 0.717) is 31.2 Å². The van der Waals surface area contributed by atoms with Crippen molar-refractivity contribution in [1.82, 2.24) is 4.90 Å². The number of ether oxygens (including phenoxy) is 1. The summed E-state index contributed by atoms with van der Waals surface area (Å²) in [6.45, 7) is 4.41. The van der Waals surface area contributed by atoms with Crippen LogP contribution in [-0.2, 0) is 19.1 Å². The maximum Gasteiger partial charge on any atom is 0.311 e. The predicted molar refractivity (Wildman–Crippen MR) is 123 cm³/mol. The van der Waals surface area contributed by atoms with Gasteiger partial charge in [-0.05, 0) is 37.3 Å². The molecule has 0 N–H and O–H groups in total. The number of nitrogens with zero attached hydrogens (tertiary/aromatic N) is 3. The van der Waals surface area contributed by atoms with Gasteiger partial charge in [-0.2, -0.15) is 0 Å². The molecule has 0 radical (unpaired) electrons. The zero-order valence-electron chi connectivity index (χ0n) is 18.0. The fraction of sp³-hybridized carbons (Fsp3) is 0.375. The first-order chi connectivity index (χ1) is 15.4. The molecule has 4 rings (SSSR count). The van der Waals surface area contributed by atoms with Crippen LogP contribution < -0.4 is 9.80 Å². The molecule has 8 heteroatoms. The Labute approximate surface area is 192 Å². The Kier molecular flexibility index (Phi) is 6.65. The highest BCUT2D eigenvalue weighted by Gasteiger charge is 2.36. The maximum absolute atomic E-state index is 12.5. The van der Waals surface area contributed by atoms with Gasteiger partial charge in [0.05, 0.1) is 5.92 Å². The van der Waals surface area contributed by atoms with Crippen molar-refractivity contribution in [3.8, 4) is 0 Å². The third-order valence-electron chi connectivity index (χ3n) is 5.95. The number of hydrogen-bond acceptors (Lipinski definition) is 5. The molecule has 1 atom stereocenters. The van der Waals surface area contributed by atoms with E-state index < -0.39 is 11.9 Å². The Morgan fingerprint density at radius 3 is 2.44 bits per heavy atom. The molecule has 1 unspecified atom stereocenters. The Morgan fingerprint density at radius 2 is 1.75 bits per heavy atom. The van der Waals surface area contributed by atoms with Crippen molar-refractivity contribution in [3.63, 3.8) is 0 Å². The lowest BCUT2D eigenvalue weighted by molar-refractivity contribution is -0.155. The molecule has 2 amide bonds. The third-order valence-corrected chi connectivity index (χ3v) is 6.18. The van der Waals surface area contributed by atoms with Crippen LogP contribution in [0.3, 0.4) is 0 Å². The lowest BCUT2D eigenvalue weighted by Gasteiger charge is -2.36. The van der Waals surface area contributed by atoms with Crippen LogP contribution in [0, 0.1) is 12.8 Å². The highest BCUT2D eigenvalue weighted by Crippen LogP contribution is 2.26. The average Bonchev–Trinajstić information content (AvgIpc) is 3.19. The fourth-order valence-corrected chi connectivity index (χ4v) is 4.25. The van der Waals surface area contributed by atoms with Gasteiger partial charge < -0.3 is 19.4 Å². The third kappa shape index (κ3) is 5.05. The summed E-state index contributed by atoms with van der Waals surface area (Å²) in [5, 5.41) is 0.680. The van der Waals surface area contributed by atoms with Gasteiger partial charge in [0.25, 0.3) is 5.91 Å². The first-order valence-electron chi connectivity index (χ1n) is 10.7. The Bertz CT molecular complexity index is 1000. The van der Waals surface area contributed by atoms with Crippen LogP contribution in [0.5, 0.6) is 0 Å². The minimum atomic E-state index is -0.559. The van der Waals surface area contributed by atoms with Gasteiger partial charge in [0.15, 0.2) is 6.61 Å². The molecular weight excluding hydrogens is 430 g/mol. The fourth-order valence-electron chi connectivity index (χ4n) is 4.07. The summed E-state index contributed by atoms with van der Waals surface area (Å²) < 4.78 is 5.28. The van der Waals surface area contributed by atoms with E-state index in [1.165, 1.54) is 0 Å². The predicted octanol–water partition coefficient (Wildman–Crippen LogP) is 2.89. The molecule has 2 heterocycles. The van der Waals surface area contributed by atoms with Crippen LogP contribution in [0.4, 0.5) is 11.4 Å². The largest absolute Gasteiger partial charge is 0.455 e. The maximum atomic E-state index is 12.5. The second kappa shape index (κ2) is 9.61. The van der Waals surface area contributed by atoms with Crippen LogP contribution in [-0.4, -0.2) is 62.0 Å². The van der Waals surface area contributed by atoms with E-state index >= 15 is 0 Å². The van der Waals surface area contributed by atoms with Gasteiger partial charge in [-0.3, -0.25) is 14.4 Å². The first kappa shape index (κ1) is 22.1. The van der Waals surface area contributed by atoms with E-state index in [9.17, 15) is 14.4 Å². The SMILES string of the molecule is Cc1ccc(N2CC(C(=O)OCC(=O)N3CCN(c4cccc(Cl)c4)CC3)CC2=O)cc1. The Hall–Kier alpha value is -3.06. The van der Waals surface area contributed by atoms with Crippen LogP contribution in [0.1, 0.15) is 12.0 Å². The van der Waals surface area contributed by atoms with E-state index in [-0.39, 0.29) is 31.4 Å². The number of esters is 1. The van der Waals surface area contributed by atoms with E-state index in [1.807, 2.05) is 55.5 Å². The zero-order valence-corrected chi connectivity index (χ0v) is 18.8. The monoisotopic (exact) mass is 455 g/mol. The number of hydrogen-bond donors (Lipinski definition) is 0. The number of halogens is 1. The summed E-state index contributed by atoms with van der Waals surface area (Å²) in [6, 6.07) is 15.2. The summed E-state index contributed by atoms with van der Waals surface area (Å²) in [5.41, 5.74) is 2.90. The molecule has 2 saturated heterocycles. The molecule has 2 aromatic carbocycles. The van der Waals surface area contributed by atoms with Crippen molar-refractivity contribution in [2.75, 3.05) is 49.1 Å². The first-order valence-corrected chi connectivity index (χ1v) is 11.1. The minimum Gasteiger partial charge on any atom is -0.455 e. The summed E-state index contributed by atoms with van der Waals surface area (Å²) in [7, 11) is 0. The van der Waals surface area contributed by atoms with Gasteiger partial charge in [-0.1, -0.05) is 35.4 Å². The molecule has 168 valence electrons. The van der Waals surface area contributed by atoms with Gasteiger partial charge in [0.2, 0.25) is 5.91 Å². The van der Waals surface area contributed by atoms with E-state index in [1.54, 1.807) is 9.80 Å². The van der Waals surface area contributed by atoms with Crippen LogP contribution >= 0.6 is 11.6 Å². The van der Waals surface area contributed by atoms with Crippen molar-refractivity contribution in [3.05, 3.63) is 59.1 Å². The highest BCUT2D eigenvalue weighted by molar-refractivity contribution is 6.30. The van der Waals surface area contributed by atoms with Gasteiger partial charge in [0.1, 0.15) is 0 Å². The molecule has 0 bridgehead atoms. The summed E-state index contributed by atoms with van der Waals surface area (Å²) >= 11 is 6.06. The van der Waals surface area contributed by atoms with Crippen LogP contribution in [0.25, 0.3) is 0 Å². The van der Waals surface area contributed by atoms with Crippen LogP contribution in [0.15, 0.2) is 48.5 Å². The topological polar surface area (TPSA) is 70.2 Å². The average molecular weight is 456 g/mol. The van der Waals surface area contributed by atoms with Crippen molar-refractivity contribution >= 4 is 40.8 Å². The summed E-state index contributed by atoms with van der Waals surface area (Å²) in [5.74, 6) is -1.39. The van der Waals surface area contributed by atoms with Crippen molar-refractivity contribution < 1.29 is 19.1 Å². The number of aryl methyl sites for hydroxylation is 1. The normalized spacial score (nSPS) is 18.8. The number of benzene rings is 2. The molecule has 2 aromatic rings. The number of piperazine rings is 1. The lowest BCUT2D eigenvalue weighted by atomic mass is 10.1. The molecular formula is C24H26ClN3O4. The molecule has 0 saturated carbocycles. The van der Waals surface area contributed by atoms with Crippen LogP contribution in [0.2, 0.25) is 5.02 Å². The standard InChI is InChI=1S/C24H26ClN3O4/c1-17-5-7-20(8-6-17)28-15-18(13-22(28)29)24(31)32-16-23(30)27-11-9-26(10-12-27)21-4-2-3-19(25)14-21/h2-8,14,18H,9-13,15-16H2,1H3. The molecule has 2 aliphatic rings. The molecule has 2 fully saturated rings. The van der Waals surface area contributed by atoms with E-state index in [4.69, 9.17) is 16.3 Å². The van der Waals surface area contributed by atoms with Gasteiger partial charge in [-0.15, -0.1) is 0 Å². The summed E-state index contributed by atoms with van der Waals surface area (Å²) in [4.78, 5) is 42.8.